The molecule has 2 aromatic carbocycles. The Balaban J connectivity index is 1.75. The first kappa shape index (κ1) is 23.9. The van der Waals surface area contributed by atoms with Gasteiger partial charge < -0.3 is 19.4 Å². The van der Waals surface area contributed by atoms with Gasteiger partial charge in [0.15, 0.2) is 0 Å². The van der Waals surface area contributed by atoms with Crippen LogP contribution in [-0.2, 0) is 20.7 Å². The van der Waals surface area contributed by atoms with Gasteiger partial charge in [-0.05, 0) is 50.4 Å². The molecule has 0 radical (unpaired) electrons. The molecule has 1 fully saturated rings. The van der Waals surface area contributed by atoms with Crippen molar-refractivity contribution in [1.29, 1.82) is 0 Å². The predicted molar refractivity (Wildman–Crippen MR) is 120 cm³/mol. The van der Waals surface area contributed by atoms with Gasteiger partial charge >= 0.3 is 13.2 Å². The molecule has 170 valence electrons. The second kappa shape index (κ2) is 9.84. The number of nitrogens with one attached hydrogen (secondary N) is 1. The average molecular weight is 443 g/mol. The molecule has 0 aliphatic carbocycles. The normalized spacial score (nSPS) is 17.5. The van der Waals surface area contributed by atoms with Crippen LogP contribution in [0.5, 0.6) is 0 Å². The second-order valence-electron chi connectivity index (χ2n) is 8.69. The number of benzene rings is 2. The number of hydrogen-bond donors (Lipinski definition) is 1. The van der Waals surface area contributed by atoms with Gasteiger partial charge in [-0.25, -0.2) is 13.6 Å². The number of rotatable bonds is 7. The number of halogens is 2. The quantitative estimate of drug-likeness (QED) is 0.569. The van der Waals surface area contributed by atoms with E-state index in [9.17, 15) is 13.6 Å². The summed E-state index contributed by atoms with van der Waals surface area (Å²) in [6.07, 6.45) is -1.47. The molecule has 0 unspecified atom stereocenters. The summed E-state index contributed by atoms with van der Waals surface area (Å²) in [6, 6.07) is 15.4. The first-order valence-corrected chi connectivity index (χ1v) is 10.5. The third-order valence-corrected chi connectivity index (χ3v) is 5.72. The first-order chi connectivity index (χ1) is 15.1. The van der Waals surface area contributed by atoms with Crippen LogP contribution in [0.4, 0.5) is 13.6 Å². The molecule has 1 aliphatic rings. The zero-order valence-corrected chi connectivity index (χ0v) is 18.7. The van der Waals surface area contributed by atoms with Crippen LogP contribution in [0.2, 0.25) is 0 Å². The Hall–Kier alpha value is -2.71. The molecule has 5 nitrogen and oxygen atoms in total. The maximum atomic E-state index is 13.1. The summed E-state index contributed by atoms with van der Waals surface area (Å²) >= 11 is 0. The Morgan fingerprint density at radius 3 is 2.34 bits per heavy atom. The van der Waals surface area contributed by atoms with E-state index in [4.69, 9.17) is 14.0 Å². The van der Waals surface area contributed by atoms with E-state index in [1.807, 2.05) is 58.0 Å². The molecule has 32 heavy (non-hydrogen) atoms. The molecule has 1 aliphatic heterocycles. The van der Waals surface area contributed by atoms with Crippen LogP contribution in [-0.4, -0.2) is 31.0 Å². The zero-order chi connectivity index (χ0) is 23.4. The molecule has 1 saturated heterocycles. The Bertz CT molecular complexity index is 947. The maximum absolute atomic E-state index is 13.1. The molecule has 0 spiro atoms. The van der Waals surface area contributed by atoms with E-state index in [1.54, 1.807) is 18.2 Å². The lowest BCUT2D eigenvalue weighted by molar-refractivity contribution is 0.00578. The van der Waals surface area contributed by atoms with Crippen LogP contribution >= 0.6 is 0 Å². The highest BCUT2D eigenvalue weighted by Gasteiger charge is 2.52. The molecule has 0 aromatic heterocycles. The van der Waals surface area contributed by atoms with Crippen molar-refractivity contribution in [3.63, 3.8) is 0 Å². The summed E-state index contributed by atoms with van der Waals surface area (Å²) < 4.78 is 43.7. The van der Waals surface area contributed by atoms with E-state index in [1.165, 1.54) is 12.1 Å². The second-order valence-corrected chi connectivity index (χ2v) is 8.69. The summed E-state index contributed by atoms with van der Waals surface area (Å²) in [5.41, 5.74) is 0.763. The van der Waals surface area contributed by atoms with Crippen molar-refractivity contribution in [3.05, 3.63) is 76.8 Å². The third kappa shape index (κ3) is 5.96. The summed E-state index contributed by atoms with van der Waals surface area (Å²) in [6.45, 7) is 7.89. The highest BCUT2D eigenvalue weighted by atomic mass is 19.3. The standard InChI is InChI=1S/C24H28BF2NO4/c1-23(2)24(3,4)32-25(31-23)20(14-18-11-8-12-19(13-18)21(26)27)15-28-22(29)30-16-17-9-6-5-7-10-17/h5-14,21H,15-16H2,1-4H3,(H,28,29). The van der Waals surface area contributed by atoms with Crippen molar-refractivity contribution in [2.24, 2.45) is 0 Å². The number of amides is 1. The molecule has 1 amide bonds. The first-order valence-electron chi connectivity index (χ1n) is 10.5. The molecule has 0 atom stereocenters. The van der Waals surface area contributed by atoms with E-state index in [0.29, 0.717) is 11.0 Å². The fraction of sp³-hybridized carbons (Fsp3) is 0.375. The largest absolute Gasteiger partial charge is 0.492 e. The molecule has 8 heteroatoms. The van der Waals surface area contributed by atoms with Gasteiger partial charge in [-0.2, -0.15) is 0 Å². The monoisotopic (exact) mass is 443 g/mol. The van der Waals surface area contributed by atoms with Crippen molar-refractivity contribution >= 4 is 19.3 Å². The number of alkyl halides is 2. The molecular weight excluding hydrogens is 415 g/mol. The summed E-state index contributed by atoms with van der Waals surface area (Å²) in [7, 11) is -0.746. The molecule has 2 aromatic rings. The van der Waals surface area contributed by atoms with Gasteiger partial charge in [-0.15, -0.1) is 0 Å². The van der Waals surface area contributed by atoms with Gasteiger partial charge in [0.25, 0.3) is 6.43 Å². The molecule has 1 N–H and O–H groups in total. The average Bonchev–Trinajstić information content (AvgIpc) is 2.97. The van der Waals surface area contributed by atoms with Crippen molar-refractivity contribution in [1.82, 2.24) is 5.32 Å². The van der Waals surface area contributed by atoms with Crippen LogP contribution in [0.25, 0.3) is 6.08 Å². The van der Waals surface area contributed by atoms with Crippen molar-refractivity contribution in [2.45, 2.75) is 51.9 Å². The number of carbonyl (C=O) groups is 1. The predicted octanol–water partition coefficient (Wildman–Crippen LogP) is 5.57. The van der Waals surface area contributed by atoms with E-state index in [2.05, 4.69) is 5.32 Å². The van der Waals surface area contributed by atoms with Gasteiger partial charge in [0.2, 0.25) is 0 Å². The molecule has 0 bridgehead atoms. The van der Waals surface area contributed by atoms with E-state index < -0.39 is 30.8 Å². The van der Waals surface area contributed by atoms with Crippen molar-refractivity contribution < 1.29 is 27.6 Å². The van der Waals surface area contributed by atoms with Gasteiger partial charge in [0, 0.05) is 12.1 Å². The number of ether oxygens (including phenoxy) is 1. The Kier molecular flexibility index (Phi) is 7.36. The van der Waals surface area contributed by atoms with Crippen LogP contribution in [0.3, 0.4) is 0 Å². The molecular formula is C24H28BF2NO4. The minimum atomic E-state index is -2.57. The fourth-order valence-electron chi connectivity index (χ4n) is 3.14. The summed E-state index contributed by atoms with van der Waals surface area (Å²) in [5.74, 6) is 0. The maximum Gasteiger partial charge on any atom is 0.492 e. The lowest BCUT2D eigenvalue weighted by Crippen LogP contribution is -2.41. The minimum Gasteiger partial charge on any atom is -0.445 e. The van der Waals surface area contributed by atoms with Gasteiger partial charge in [-0.1, -0.05) is 54.6 Å². The third-order valence-electron chi connectivity index (χ3n) is 5.72. The summed E-state index contributed by atoms with van der Waals surface area (Å²) in [5, 5.41) is 2.70. The van der Waals surface area contributed by atoms with Crippen LogP contribution in [0, 0.1) is 0 Å². The SMILES string of the molecule is CC1(C)OB(C(=Cc2cccc(C(F)F)c2)CNC(=O)OCc2ccccc2)OC1(C)C. The topological polar surface area (TPSA) is 56.8 Å². The Morgan fingerprint density at radius 1 is 1.06 bits per heavy atom. The molecule has 3 rings (SSSR count). The lowest BCUT2D eigenvalue weighted by Gasteiger charge is -2.32. The molecule has 0 saturated carbocycles. The Morgan fingerprint density at radius 2 is 1.72 bits per heavy atom. The van der Waals surface area contributed by atoms with Gasteiger partial charge in [0.1, 0.15) is 6.61 Å². The fourth-order valence-corrected chi connectivity index (χ4v) is 3.14. The number of carbonyl (C=O) groups excluding carboxylic acids is 1. The Labute approximate surface area is 187 Å². The van der Waals surface area contributed by atoms with Gasteiger partial charge in [-0.3, -0.25) is 0 Å². The number of hydrogen-bond acceptors (Lipinski definition) is 4. The smallest absolute Gasteiger partial charge is 0.445 e. The van der Waals surface area contributed by atoms with E-state index in [-0.39, 0.29) is 18.7 Å². The van der Waals surface area contributed by atoms with Crippen molar-refractivity contribution in [3.8, 4) is 0 Å². The van der Waals surface area contributed by atoms with E-state index in [0.717, 1.165) is 5.56 Å². The highest BCUT2D eigenvalue weighted by molar-refractivity contribution is 6.56. The molecule has 1 heterocycles. The summed E-state index contributed by atoms with van der Waals surface area (Å²) in [4.78, 5) is 12.2. The highest BCUT2D eigenvalue weighted by Crippen LogP contribution is 2.38. The lowest BCUT2D eigenvalue weighted by atomic mass is 9.77. The van der Waals surface area contributed by atoms with Crippen LogP contribution < -0.4 is 5.32 Å². The zero-order valence-electron chi connectivity index (χ0n) is 18.7. The van der Waals surface area contributed by atoms with Crippen LogP contribution in [0.15, 0.2) is 60.1 Å². The van der Waals surface area contributed by atoms with Crippen LogP contribution in [0.1, 0.15) is 50.8 Å². The van der Waals surface area contributed by atoms with Crippen molar-refractivity contribution in [2.75, 3.05) is 6.54 Å². The van der Waals surface area contributed by atoms with E-state index >= 15 is 0 Å². The minimum absolute atomic E-state index is 0.0728. The number of alkyl carbamates (subject to hydrolysis) is 1. The van der Waals surface area contributed by atoms with Gasteiger partial charge in [0.05, 0.1) is 11.2 Å².